The van der Waals surface area contributed by atoms with Crippen molar-refractivity contribution >= 4 is 45.1 Å². The Balaban J connectivity index is 1.71. The molecule has 4 rings (SSSR count). The Morgan fingerprint density at radius 3 is 2.83 bits per heavy atom. The van der Waals surface area contributed by atoms with Gasteiger partial charge >= 0.3 is 0 Å². The molecule has 1 aliphatic carbocycles. The number of primary amides is 1. The molecule has 1 aliphatic heterocycles. The van der Waals surface area contributed by atoms with Gasteiger partial charge in [0.2, 0.25) is 5.95 Å². The SMILES string of the molecule is CC1(C)C(=O)Cc2c(Br)cc(Nc3nc(N4CCC[C@H](N)C4)ncc3C(N)=O)cc21. The first-order chi connectivity index (χ1) is 14.2. The molecule has 0 saturated carbocycles. The van der Waals surface area contributed by atoms with Gasteiger partial charge < -0.3 is 21.7 Å². The molecule has 2 aliphatic rings. The summed E-state index contributed by atoms with van der Waals surface area (Å²) >= 11 is 3.58. The summed E-state index contributed by atoms with van der Waals surface area (Å²) in [6.45, 7) is 5.32. The van der Waals surface area contributed by atoms with Crippen LogP contribution in [0, 0.1) is 0 Å². The van der Waals surface area contributed by atoms with Crippen molar-refractivity contribution < 1.29 is 9.59 Å². The van der Waals surface area contributed by atoms with Crippen LogP contribution in [0.1, 0.15) is 48.2 Å². The van der Waals surface area contributed by atoms with E-state index in [1.807, 2.05) is 30.9 Å². The average molecular weight is 473 g/mol. The molecule has 0 bridgehead atoms. The number of rotatable bonds is 4. The number of hydrogen-bond acceptors (Lipinski definition) is 7. The van der Waals surface area contributed by atoms with Crippen molar-refractivity contribution in [3.05, 3.63) is 39.5 Å². The van der Waals surface area contributed by atoms with Gasteiger partial charge in [-0.05, 0) is 49.9 Å². The van der Waals surface area contributed by atoms with Crippen LogP contribution in [-0.4, -0.2) is 40.8 Å². The van der Waals surface area contributed by atoms with Crippen LogP contribution in [0.3, 0.4) is 0 Å². The lowest BCUT2D eigenvalue weighted by molar-refractivity contribution is -0.121. The van der Waals surface area contributed by atoms with Gasteiger partial charge in [0, 0.05) is 47.3 Å². The van der Waals surface area contributed by atoms with Crippen molar-refractivity contribution in [2.24, 2.45) is 11.5 Å². The number of fused-ring (bicyclic) bond motifs is 1. The summed E-state index contributed by atoms with van der Waals surface area (Å²) in [6.07, 6.45) is 3.79. The highest BCUT2D eigenvalue weighted by atomic mass is 79.9. The van der Waals surface area contributed by atoms with Crippen molar-refractivity contribution in [3.8, 4) is 0 Å². The Labute approximate surface area is 183 Å². The van der Waals surface area contributed by atoms with Gasteiger partial charge in [0.1, 0.15) is 17.2 Å². The number of halogens is 1. The highest BCUT2D eigenvalue weighted by molar-refractivity contribution is 9.10. The predicted molar refractivity (Wildman–Crippen MR) is 119 cm³/mol. The zero-order valence-corrected chi connectivity index (χ0v) is 18.6. The molecule has 1 amide bonds. The second kappa shape index (κ2) is 7.63. The van der Waals surface area contributed by atoms with E-state index in [0.29, 0.717) is 30.4 Å². The van der Waals surface area contributed by atoms with Gasteiger partial charge in [0.25, 0.3) is 5.91 Å². The minimum absolute atomic E-state index is 0.0713. The maximum atomic E-state index is 12.4. The Bertz CT molecular complexity index is 1040. The highest BCUT2D eigenvalue weighted by Gasteiger charge is 2.39. The lowest BCUT2D eigenvalue weighted by Gasteiger charge is -2.31. The maximum absolute atomic E-state index is 12.4. The first-order valence-electron chi connectivity index (χ1n) is 9.97. The molecule has 1 aromatic heterocycles. The number of ketones is 1. The summed E-state index contributed by atoms with van der Waals surface area (Å²) in [4.78, 5) is 35.3. The monoisotopic (exact) mass is 472 g/mol. The summed E-state index contributed by atoms with van der Waals surface area (Å²) in [5.41, 5.74) is 13.9. The molecule has 9 heteroatoms. The first kappa shape index (κ1) is 20.7. The van der Waals surface area contributed by atoms with Gasteiger partial charge in [0.15, 0.2) is 0 Å². The van der Waals surface area contributed by atoms with Gasteiger partial charge in [-0.25, -0.2) is 4.98 Å². The number of nitrogens with two attached hydrogens (primary N) is 2. The molecule has 1 saturated heterocycles. The van der Waals surface area contributed by atoms with Gasteiger partial charge in [-0.3, -0.25) is 9.59 Å². The third-order valence-electron chi connectivity index (χ3n) is 5.95. The van der Waals surface area contributed by atoms with Gasteiger partial charge in [-0.2, -0.15) is 4.98 Å². The number of benzene rings is 1. The van der Waals surface area contributed by atoms with Crippen LogP contribution in [0.4, 0.5) is 17.5 Å². The molecule has 1 aromatic carbocycles. The zero-order chi connectivity index (χ0) is 21.6. The molecular weight excluding hydrogens is 448 g/mol. The van der Waals surface area contributed by atoms with Crippen molar-refractivity contribution in [3.63, 3.8) is 0 Å². The largest absolute Gasteiger partial charge is 0.365 e. The molecule has 0 radical (unpaired) electrons. The first-order valence-corrected chi connectivity index (χ1v) is 10.8. The number of Topliss-reactive ketones (excluding diaryl/α,β-unsaturated/α-hetero) is 1. The summed E-state index contributed by atoms with van der Waals surface area (Å²) in [7, 11) is 0. The fraction of sp³-hybridized carbons (Fsp3) is 0.429. The Morgan fingerprint density at radius 1 is 1.37 bits per heavy atom. The van der Waals surface area contributed by atoms with Crippen LogP contribution in [0.2, 0.25) is 0 Å². The van der Waals surface area contributed by atoms with Crippen molar-refractivity contribution in [2.45, 2.75) is 44.6 Å². The number of nitrogens with zero attached hydrogens (tertiary/aromatic N) is 3. The lowest BCUT2D eigenvalue weighted by Crippen LogP contribution is -2.43. The Morgan fingerprint density at radius 2 is 2.13 bits per heavy atom. The average Bonchev–Trinajstić information content (AvgIpc) is 2.91. The number of aromatic nitrogens is 2. The van der Waals surface area contributed by atoms with Crippen LogP contribution in [-0.2, 0) is 16.6 Å². The number of anilines is 3. The zero-order valence-electron chi connectivity index (χ0n) is 17.0. The summed E-state index contributed by atoms with van der Waals surface area (Å²) in [5.74, 6) is 0.406. The quantitative estimate of drug-likeness (QED) is 0.622. The van der Waals surface area contributed by atoms with E-state index < -0.39 is 11.3 Å². The van der Waals surface area contributed by atoms with E-state index in [9.17, 15) is 9.59 Å². The molecule has 2 aromatic rings. The number of carbonyl (C=O) groups excluding carboxylic acids is 2. The van der Waals surface area contributed by atoms with Gasteiger partial charge in [-0.1, -0.05) is 15.9 Å². The molecule has 0 unspecified atom stereocenters. The Hall–Kier alpha value is -2.52. The van der Waals surface area contributed by atoms with E-state index in [0.717, 1.165) is 35.0 Å². The minimum atomic E-state index is -0.616. The number of carbonyl (C=O) groups is 2. The predicted octanol–water partition coefficient (Wildman–Crippen LogP) is 2.41. The standard InChI is InChI=1S/C21H25BrN6O2/c1-21(2)15-6-12(7-16(22)13(15)8-17(21)29)26-19-14(18(24)30)9-25-20(27-19)28-5-3-4-11(23)10-28/h6-7,9,11H,3-5,8,10,23H2,1-2H3,(H2,24,30)(H,25,26,27)/t11-/m0/s1. The molecule has 8 nitrogen and oxygen atoms in total. The fourth-order valence-corrected chi connectivity index (χ4v) is 4.71. The smallest absolute Gasteiger partial charge is 0.254 e. The molecule has 5 N–H and O–H groups in total. The lowest BCUT2D eigenvalue weighted by atomic mass is 9.85. The van der Waals surface area contributed by atoms with Crippen molar-refractivity contribution in [2.75, 3.05) is 23.3 Å². The van der Waals surface area contributed by atoms with Gasteiger partial charge in [0.05, 0.1) is 0 Å². The van der Waals surface area contributed by atoms with Crippen LogP contribution in [0.25, 0.3) is 0 Å². The normalized spacial score (nSPS) is 20.2. The van der Waals surface area contributed by atoms with E-state index in [2.05, 4.69) is 31.2 Å². The molecule has 1 fully saturated rings. The van der Waals surface area contributed by atoms with Crippen molar-refractivity contribution in [1.29, 1.82) is 0 Å². The molecule has 158 valence electrons. The number of hydrogen-bond donors (Lipinski definition) is 3. The van der Waals surface area contributed by atoms with E-state index in [1.165, 1.54) is 6.20 Å². The van der Waals surface area contributed by atoms with Crippen molar-refractivity contribution in [1.82, 2.24) is 9.97 Å². The molecule has 1 atom stereocenters. The molecular formula is C21H25BrN6O2. The summed E-state index contributed by atoms with van der Waals surface area (Å²) in [5, 5.41) is 3.22. The molecule has 2 heterocycles. The molecule has 0 spiro atoms. The van der Waals surface area contributed by atoms with Crippen LogP contribution < -0.4 is 21.7 Å². The Kier molecular flexibility index (Phi) is 5.27. The topological polar surface area (TPSA) is 127 Å². The second-order valence-corrected chi connectivity index (χ2v) is 9.33. The second-order valence-electron chi connectivity index (χ2n) is 8.48. The highest BCUT2D eigenvalue weighted by Crippen LogP contribution is 2.41. The third-order valence-corrected chi connectivity index (χ3v) is 6.66. The summed E-state index contributed by atoms with van der Waals surface area (Å²) < 4.78 is 0.846. The van der Waals surface area contributed by atoms with Crippen LogP contribution >= 0.6 is 15.9 Å². The van der Waals surface area contributed by atoms with E-state index in [-0.39, 0.29) is 17.4 Å². The van der Waals surface area contributed by atoms with Crippen LogP contribution in [0.5, 0.6) is 0 Å². The maximum Gasteiger partial charge on any atom is 0.254 e. The van der Waals surface area contributed by atoms with E-state index in [1.54, 1.807) is 0 Å². The molecule has 30 heavy (non-hydrogen) atoms. The van der Waals surface area contributed by atoms with Gasteiger partial charge in [-0.15, -0.1) is 0 Å². The summed E-state index contributed by atoms with van der Waals surface area (Å²) in [6, 6.07) is 3.90. The van der Waals surface area contributed by atoms with Crippen LogP contribution in [0.15, 0.2) is 22.8 Å². The number of piperidine rings is 1. The minimum Gasteiger partial charge on any atom is -0.365 e. The fourth-order valence-electron chi connectivity index (χ4n) is 4.11. The van der Waals surface area contributed by atoms with E-state index >= 15 is 0 Å². The number of nitrogens with one attached hydrogen (secondary N) is 1. The third kappa shape index (κ3) is 3.67. The number of amides is 1. The van der Waals surface area contributed by atoms with E-state index in [4.69, 9.17) is 11.5 Å².